The van der Waals surface area contributed by atoms with Gasteiger partial charge in [0.1, 0.15) is 18.2 Å². The first-order valence-electron chi connectivity index (χ1n) is 6.10. The quantitative estimate of drug-likeness (QED) is 0.580. The van der Waals surface area contributed by atoms with Crippen molar-refractivity contribution >= 4 is 11.9 Å². The van der Waals surface area contributed by atoms with E-state index in [0.717, 1.165) is 6.42 Å². The van der Waals surface area contributed by atoms with Crippen LogP contribution in [0, 0.1) is 0 Å². The lowest BCUT2D eigenvalue weighted by molar-refractivity contribution is -0.155. The molecule has 0 heterocycles. The first-order valence-corrected chi connectivity index (χ1v) is 6.10. The average molecular weight is 260 g/mol. The van der Waals surface area contributed by atoms with Crippen LogP contribution in [0.2, 0.25) is 0 Å². The van der Waals surface area contributed by atoms with Gasteiger partial charge in [-0.15, -0.1) is 0 Å². The Morgan fingerprint density at radius 1 is 1.39 bits per heavy atom. The summed E-state index contributed by atoms with van der Waals surface area (Å²) in [5.41, 5.74) is 5.01. The number of hydrogen-bond acceptors (Lipinski definition) is 5. The van der Waals surface area contributed by atoms with Gasteiger partial charge in [-0.3, -0.25) is 9.59 Å². The number of hydrogen-bond donors (Lipinski definition) is 3. The molecule has 0 aromatic carbocycles. The van der Waals surface area contributed by atoms with E-state index in [1.54, 1.807) is 20.8 Å². The zero-order valence-electron chi connectivity index (χ0n) is 11.5. The van der Waals surface area contributed by atoms with Crippen molar-refractivity contribution < 1.29 is 19.4 Å². The van der Waals surface area contributed by atoms with Gasteiger partial charge in [0.05, 0.1) is 0 Å². The fraction of sp³-hybridized carbons (Fsp3) is 0.833. The largest absolute Gasteiger partial charge is 0.459 e. The number of aliphatic hydroxyl groups is 1. The van der Waals surface area contributed by atoms with E-state index in [1.807, 2.05) is 6.92 Å². The maximum Gasteiger partial charge on any atom is 0.325 e. The standard InChI is InChI=1S/C12H24N2O4/c1-5-6-8(13)10(16)11(17)14-7-9(15)18-12(2,3)4/h8,10,16H,5-7,13H2,1-4H3,(H,14,17). The summed E-state index contributed by atoms with van der Waals surface area (Å²) < 4.78 is 5.01. The molecule has 0 fully saturated rings. The predicted octanol–water partition coefficient (Wildman–Crippen LogP) is -0.0674. The topological polar surface area (TPSA) is 102 Å². The molecule has 0 radical (unpaired) electrons. The van der Waals surface area contributed by atoms with Crippen LogP contribution in [0.3, 0.4) is 0 Å². The first kappa shape index (κ1) is 16.9. The molecule has 6 nitrogen and oxygen atoms in total. The van der Waals surface area contributed by atoms with Crippen molar-refractivity contribution in [1.29, 1.82) is 0 Å². The molecular weight excluding hydrogens is 236 g/mol. The Morgan fingerprint density at radius 3 is 2.39 bits per heavy atom. The predicted molar refractivity (Wildman–Crippen MR) is 67.7 cm³/mol. The highest BCUT2D eigenvalue weighted by molar-refractivity contribution is 5.85. The third-order valence-corrected chi connectivity index (χ3v) is 2.12. The van der Waals surface area contributed by atoms with Crippen molar-refractivity contribution in [3.8, 4) is 0 Å². The normalized spacial score (nSPS) is 14.8. The van der Waals surface area contributed by atoms with E-state index in [-0.39, 0.29) is 6.54 Å². The molecule has 0 rings (SSSR count). The molecule has 0 aliphatic heterocycles. The molecule has 0 bridgehead atoms. The minimum absolute atomic E-state index is 0.272. The van der Waals surface area contributed by atoms with Crippen LogP contribution in [0.25, 0.3) is 0 Å². The van der Waals surface area contributed by atoms with Crippen molar-refractivity contribution in [2.45, 2.75) is 58.3 Å². The summed E-state index contributed by atoms with van der Waals surface area (Å²) >= 11 is 0. The number of esters is 1. The highest BCUT2D eigenvalue weighted by Gasteiger charge is 2.23. The molecule has 0 saturated carbocycles. The van der Waals surface area contributed by atoms with Gasteiger partial charge in [-0.25, -0.2) is 0 Å². The van der Waals surface area contributed by atoms with Gasteiger partial charge in [0.2, 0.25) is 0 Å². The van der Waals surface area contributed by atoms with Crippen LogP contribution in [-0.2, 0) is 14.3 Å². The highest BCUT2D eigenvalue weighted by Crippen LogP contribution is 2.06. The van der Waals surface area contributed by atoms with Crippen molar-refractivity contribution in [2.75, 3.05) is 6.54 Å². The molecule has 0 saturated heterocycles. The zero-order valence-corrected chi connectivity index (χ0v) is 11.5. The second-order valence-electron chi connectivity index (χ2n) is 5.20. The summed E-state index contributed by atoms with van der Waals surface area (Å²) in [5.74, 6) is -1.20. The molecule has 0 spiro atoms. The van der Waals surface area contributed by atoms with Gasteiger partial charge in [0, 0.05) is 6.04 Å². The van der Waals surface area contributed by atoms with Crippen LogP contribution in [0.5, 0.6) is 0 Å². The van der Waals surface area contributed by atoms with E-state index in [0.29, 0.717) is 6.42 Å². The molecule has 6 heteroatoms. The van der Waals surface area contributed by atoms with Crippen molar-refractivity contribution in [3.63, 3.8) is 0 Å². The highest BCUT2D eigenvalue weighted by atomic mass is 16.6. The van der Waals surface area contributed by atoms with E-state index in [1.165, 1.54) is 0 Å². The lowest BCUT2D eigenvalue weighted by Crippen LogP contribution is -2.48. The van der Waals surface area contributed by atoms with Crippen LogP contribution < -0.4 is 11.1 Å². The van der Waals surface area contributed by atoms with E-state index < -0.39 is 29.6 Å². The number of rotatable bonds is 6. The molecular formula is C12H24N2O4. The second kappa shape index (κ2) is 7.33. The fourth-order valence-electron chi connectivity index (χ4n) is 1.33. The molecule has 18 heavy (non-hydrogen) atoms. The van der Waals surface area contributed by atoms with E-state index in [9.17, 15) is 14.7 Å². The fourth-order valence-corrected chi connectivity index (χ4v) is 1.33. The minimum atomic E-state index is -1.30. The molecule has 2 atom stereocenters. The van der Waals surface area contributed by atoms with Crippen LogP contribution >= 0.6 is 0 Å². The molecule has 0 aromatic heterocycles. The summed E-state index contributed by atoms with van der Waals surface area (Å²) in [6.07, 6.45) is 0.0193. The lowest BCUT2D eigenvalue weighted by Gasteiger charge is -2.21. The SMILES string of the molecule is CCCC(N)C(O)C(=O)NCC(=O)OC(C)(C)C. The second-order valence-corrected chi connectivity index (χ2v) is 5.20. The lowest BCUT2D eigenvalue weighted by atomic mass is 10.1. The number of ether oxygens (including phenoxy) is 1. The van der Waals surface area contributed by atoms with Crippen LogP contribution in [0.15, 0.2) is 0 Å². The van der Waals surface area contributed by atoms with E-state index in [4.69, 9.17) is 10.5 Å². The zero-order chi connectivity index (χ0) is 14.3. The minimum Gasteiger partial charge on any atom is -0.459 e. The van der Waals surface area contributed by atoms with Gasteiger partial charge < -0.3 is 20.9 Å². The molecule has 2 unspecified atom stereocenters. The Morgan fingerprint density at radius 2 is 1.94 bits per heavy atom. The number of carbonyl (C=O) groups excluding carboxylic acids is 2. The van der Waals surface area contributed by atoms with Gasteiger partial charge in [-0.1, -0.05) is 13.3 Å². The van der Waals surface area contributed by atoms with Gasteiger partial charge in [0.15, 0.2) is 0 Å². The molecule has 0 aliphatic carbocycles. The third kappa shape index (κ3) is 7.24. The molecule has 106 valence electrons. The number of aliphatic hydroxyl groups excluding tert-OH is 1. The molecule has 1 amide bonds. The van der Waals surface area contributed by atoms with E-state index >= 15 is 0 Å². The average Bonchev–Trinajstić information content (AvgIpc) is 2.22. The van der Waals surface area contributed by atoms with Crippen molar-refractivity contribution in [2.24, 2.45) is 5.73 Å². The first-order chi connectivity index (χ1) is 8.17. The van der Waals surface area contributed by atoms with Crippen LogP contribution in [0.1, 0.15) is 40.5 Å². The Balaban J connectivity index is 4.06. The Kier molecular flexibility index (Phi) is 6.86. The Bertz CT molecular complexity index is 286. The summed E-state index contributed by atoms with van der Waals surface area (Å²) in [4.78, 5) is 22.8. The summed E-state index contributed by atoms with van der Waals surface area (Å²) in [6.45, 7) is 6.84. The van der Waals surface area contributed by atoms with Crippen molar-refractivity contribution in [3.05, 3.63) is 0 Å². The molecule has 0 aliphatic rings. The maximum absolute atomic E-state index is 11.5. The monoisotopic (exact) mass is 260 g/mol. The Hall–Kier alpha value is -1.14. The maximum atomic E-state index is 11.5. The summed E-state index contributed by atoms with van der Waals surface area (Å²) in [5, 5.41) is 11.9. The number of carbonyl (C=O) groups is 2. The molecule has 0 aromatic rings. The van der Waals surface area contributed by atoms with Crippen molar-refractivity contribution in [1.82, 2.24) is 5.32 Å². The van der Waals surface area contributed by atoms with Crippen LogP contribution in [-0.4, -0.2) is 41.3 Å². The summed E-state index contributed by atoms with van der Waals surface area (Å²) in [6, 6.07) is -0.617. The molecule has 4 N–H and O–H groups in total. The smallest absolute Gasteiger partial charge is 0.325 e. The van der Waals surface area contributed by atoms with Gasteiger partial charge >= 0.3 is 5.97 Å². The number of nitrogens with one attached hydrogen (secondary N) is 1. The summed E-state index contributed by atoms with van der Waals surface area (Å²) in [7, 11) is 0. The Labute approximate surface area is 108 Å². The van der Waals surface area contributed by atoms with Crippen LogP contribution in [0.4, 0.5) is 0 Å². The van der Waals surface area contributed by atoms with Gasteiger partial charge in [-0.2, -0.15) is 0 Å². The number of nitrogens with two attached hydrogens (primary N) is 1. The van der Waals surface area contributed by atoms with Gasteiger partial charge in [-0.05, 0) is 27.2 Å². The third-order valence-electron chi connectivity index (χ3n) is 2.12. The number of amides is 1. The van der Waals surface area contributed by atoms with Gasteiger partial charge in [0.25, 0.3) is 5.91 Å². The van der Waals surface area contributed by atoms with E-state index in [2.05, 4.69) is 5.32 Å².